The number of ether oxygens (including phenoxy) is 1. The molecule has 0 amide bonds. The van der Waals surface area contributed by atoms with E-state index in [0.717, 1.165) is 48.3 Å². The highest BCUT2D eigenvalue weighted by molar-refractivity contribution is 5.69. The summed E-state index contributed by atoms with van der Waals surface area (Å²) >= 11 is 0. The quantitative estimate of drug-likeness (QED) is 0.0753. The third-order valence-corrected chi connectivity index (χ3v) is 15.0. The van der Waals surface area contributed by atoms with Gasteiger partial charge in [-0.3, -0.25) is 4.79 Å². The molecule has 0 aliphatic heterocycles. The van der Waals surface area contributed by atoms with E-state index < -0.39 is 0 Å². The van der Waals surface area contributed by atoms with Gasteiger partial charge in [-0.15, -0.1) is 0 Å². The first-order valence-electron chi connectivity index (χ1n) is 21.0. The van der Waals surface area contributed by atoms with E-state index in [1.165, 1.54) is 135 Å². The summed E-state index contributed by atoms with van der Waals surface area (Å²) in [5, 5.41) is 0. The van der Waals surface area contributed by atoms with Crippen LogP contribution in [0, 0.1) is 58.2 Å². The largest absolute Gasteiger partial charge is 0.465 e. The summed E-state index contributed by atoms with van der Waals surface area (Å²) < 4.78 is 5.77. The van der Waals surface area contributed by atoms with E-state index >= 15 is 0 Å². The van der Waals surface area contributed by atoms with Crippen LogP contribution in [0.3, 0.4) is 0 Å². The maximum absolute atomic E-state index is 12.4. The van der Waals surface area contributed by atoms with Crippen molar-refractivity contribution in [2.45, 2.75) is 196 Å². The van der Waals surface area contributed by atoms with E-state index in [2.05, 4.69) is 53.7 Å². The Morgan fingerprint density at radius 3 is 2.17 bits per heavy atom. The number of carbonyl (C=O) groups is 1. The highest BCUT2D eigenvalue weighted by Gasteiger charge is 2.60. The van der Waals surface area contributed by atoms with Crippen LogP contribution in [0.5, 0.6) is 0 Å². The van der Waals surface area contributed by atoms with Gasteiger partial charge in [-0.05, 0) is 142 Å². The Kier molecular flexibility index (Phi) is 15.6. The first-order valence-corrected chi connectivity index (χ1v) is 21.0. The molecule has 0 N–H and O–H groups in total. The molecule has 4 saturated carbocycles. The Bertz CT molecular complexity index is 908. The summed E-state index contributed by atoms with van der Waals surface area (Å²) in [6.45, 7) is 15.6. The van der Waals surface area contributed by atoms with Crippen molar-refractivity contribution in [3.63, 3.8) is 0 Å². The molecule has 10 atom stereocenters. The molecule has 4 aliphatic carbocycles. The van der Waals surface area contributed by atoms with Crippen molar-refractivity contribution in [2.75, 3.05) is 6.61 Å². The average molecular weight is 639 g/mol. The second kappa shape index (κ2) is 18.8. The lowest BCUT2D eigenvalue weighted by Gasteiger charge is -2.61. The van der Waals surface area contributed by atoms with Crippen LogP contribution in [0.1, 0.15) is 196 Å². The van der Waals surface area contributed by atoms with E-state index in [0.29, 0.717) is 35.7 Å². The highest BCUT2D eigenvalue weighted by atomic mass is 16.5. The van der Waals surface area contributed by atoms with Gasteiger partial charge in [0.15, 0.2) is 0 Å². The van der Waals surface area contributed by atoms with Gasteiger partial charge in [0.25, 0.3) is 0 Å². The summed E-state index contributed by atoms with van der Waals surface area (Å²) in [7, 11) is 0. The Hall–Kier alpha value is -0.790. The van der Waals surface area contributed by atoms with Crippen molar-refractivity contribution in [2.24, 2.45) is 58.2 Å². The lowest BCUT2D eigenvalue weighted by molar-refractivity contribution is -0.145. The molecule has 0 spiro atoms. The molecular weight excluding hydrogens is 560 g/mol. The molecule has 0 aromatic rings. The van der Waals surface area contributed by atoms with Gasteiger partial charge in [0.2, 0.25) is 0 Å². The van der Waals surface area contributed by atoms with Crippen molar-refractivity contribution in [3.8, 4) is 0 Å². The zero-order valence-electron chi connectivity index (χ0n) is 31.8. The summed E-state index contributed by atoms with van der Waals surface area (Å²) in [5.74, 6) is 6.86. The molecule has 4 fully saturated rings. The predicted molar refractivity (Wildman–Crippen MR) is 198 cm³/mol. The van der Waals surface area contributed by atoms with E-state index in [-0.39, 0.29) is 5.97 Å². The van der Waals surface area contributed by atoms with Gasteiger partial charge in [-0.25, -0.2) is 0 Å². The van der Waals surface area contributed by atoms with Crippen molar-refractivity contribution in [3.05, 3.63) is 12.2 Å². The molecule has 2 unspecified atom stereocenters. The molecule has 4 rings (SSSR count). The first-order chi connectivity index (χ1) is 22.2. The average Bonchev–Trinajstić information content (AvgIpc) is 3.41. The van der Waals surface area contributed by atoms with E-state index in [1.807, 2.05) is 0 Å². The molecule has 2 nitrogen and oxygen atoms in total. The molecule has 0 aromatic heterocycles. The second-order valence-electron chi connectivity index (χ2n) is 18.0. The van der Waals surface area contributed by atoms with Crippen LogP contribution in [0.15, 0.2) is 12.2 Å². The zero-order valence-corrected chi connectivity index (χ0v) is 31.8. The fourth-order valence-corrected chi connectivity index (χ4v) is 11.7. The SMILES string of the molecule is CCCCCC/C=C\CCCCCCCC(=O)OCC(C)[C@@H](C)CC[C@@H](C)[C@H]1CC[C@H]2[C@@H]3CCC4CCCC[C@]4(C)[C@H]3CC[C@]12C. The molecule has 0 saturated heterocycles. The standard InChI is InChI=1S/C44H78O2/c1-7-8-9-10-11-12-13-14-15-16-17-18-19-23-42(45)46-33-36(4)34(2)24-25-35(3)39-28-29-40-38-27-26-37-22-20-21-31-43(37,5)41(38)30-32-44(39,40)6/h12-13,34-41H,7-11,14-33H2,1-6H3/b13-12-/t34-,35+,36?,37?,38-,39+,40-,41-,43-,44+/m0/s1. The first kappa shape index (κ1) is 38.0. The van der Waals surface area contributed by atoms with Crippen molar-refractivity contribution >= 4 is 5.97 Å². The number of fused-ring (bicyclic) bond motifs is 5. The molecule has 4 aliphatic rings. The van der Waals surface area contributed by atoms with Crippen LogP contribution in [-0.2, 0) is 9.53 Å². The lowest BCUT2D eigenvalue weighted by Crippen LogP contribution is -2.53. The normalized spacial score (nSPS) is 34.4. The van der Waals surface area contributed by atoms with Crippen molar-refractivity contribution < 1.29 is 9.53 Å². The highest BCUT2D eigenvalue weighted by Crippen LogP contribution is 2.68. The Morgan fingerprint density at radius 1 is 0.717 bits per heavy atom. The molecule has 2 heteroatoms. The smallest absolute Gasteiger partial charge is 0.305 e. The fraction of sp³-hybridized carbons (Fsp3) is 0.932. The molecular formula is C44H78O2. The van der Waals surface area contributed by atoms with Gasteiger partial charge >= 0.3 is 5.97 Å². The number of carbonyl (C=O) groups excluding carboxylic acids is 1. The number of allylic oxidation sites excluding steroid dienone is 2. The number of hydrogen-bond acceptors (Lipinski definition) is 2. The Morgan fingerprint density at radius 2 is 1.41 bits per heavy atom. The van der Waals surface area contributed by atoms with Crippen LogP contribution < -0.4 is 0 Å². The molecule has 266 valence electrons. The van der Waals surface area contributed by atoms with Crippen molar-refractivity contribution in [1.29, 1.82) is 0 Å². The number of esters is 1. The number of rotatable bonds is 20. The van der Waals surface area contributed by atoms with E-state index in [4.69, 9.17) is 4.74 Å². The van der Waals surface area contributed by atoms with Gasteiger partial charge in [0, 0.05) is 6.42 Å². The van der Waals surface area contributed by atoms with E-state index in [9.17, 15) is 4.79 Å². The summed E-state index contributed by atoms with van der Waals surface area (Å²) in [5.41, 5.74) is 1.24. The maximum Gasteiger partial charge on any atom is 0.305 e. The third kappa shape index (κ3) is 9.89. The second-order valence-corrected chi connectivity index (χ2v) is 18.0. The summed E-state index contributed by atoms with van der Waals surface area (Å²) in [6.07, 6.45) is 36.9. The van der Waals surface area contributed by atoms with E-state index in [1.54, 1.807) is 0 Å². The lowest BCUT2D eigenvalue weighted by atomic mass is 9.44. The van der Waals surface area contributed by atoms with Gasteiger partial charge in [-0.1, -0.05) is 118 Å². The van der Waals surface area contributed by atoms with Crippen LogP contribution in [0.25, 0.3) is 0 Å². The molecule has 0 radical (unpaired) electrons. The minimum atomic E-state index is 0.0232. The van der Waals surface area contributed by atoms with Crippen LogP contribution in [0.4, 0.5) is 0 Å². The monoisotopic (exact) mass is 639 g/mol. The maximum atomic E-state index is 12.4. The Balaban J connectivity index is 1.07. The van der Waals surface area contributed by atoms with Gasteiger partial charge in [-0.2, -0.15) is 0 Å². The Labute approximate surface area is 287 Å². The topological polar surface area (TPSA) is 26.3 Å². The predicted octanol–water partition coefficient (Wildman–Crippen LogP) is 13.5. The van der Waals surface area contributed by atoms with Crippen LogP contribution in [0.2, 0.25) is 0 Å². The fourth-order valence-electron chi connectivity index (χ4n) is 11.7. The van der Waals surface area contributed by atoms with Gasteiger partial charge in [0.05, 0.1) is 6.61 Å². The van der Waals surface area contributed by atoms with Crippen LogP contribution >= 0.6 is 0 Å². The summed E-state index contributed by atoms with van der Waals surface area (Å²) in [6, 6.07) is 0. The minimum absolute atomic E-state index is 0.0232. The zero-order chi connectivity index (χ0) is 33.0. The van der Waals surface area contributed by atoms with Crippen molar-refractivity contribution in [1.82, 2.24) is 0 Å². The molecule has 0 bridgehead atoms. The number of unbranched alkanes of at least 4 members (excludes halogenated alkanes) is 9. The third-order valence-electron chi connectivity index (χ3n) is 15.0. The minimum Gasteiger partial charge on any atom is -0.465 e. The number of hydrogen-bond donors (Lipinski definition) is 0. The van der Waals surface area contributed by atoms with Gasteiger partial charge in [0.1, 0.15) is 0 Å². The van der Waals surface area contributed by atoms with Crippen LogP contribution in [-0.4, -0.2) is 12.6 Å². The van der Waals surface area contributed by atoms with Gasteiger partial charge < -0.3 is 4.74 Å². The molecule has 46 heavy (non-hydrogen) atoms. The molecule has 0 aromatic carbocycles. The summed E-state index contributed by atoms with van der Waals surface area (Å²) in [4.78, 5) is 12.4. The molecule has 0 heterocycles.